The van der Waals surface area contributed by atoms with Gasteiger partial charge in [-0.25, -0.2) is 4.98 Å². The lowest BCUT2D eigenvalue weighted by molar-refractivity contribution is -0.158. The van der Waals surface area contributed by atoms with Gasteiger partial charge >= 0.3 is 5.97 Å². The van der Waals surface area contributed by atoms with Gasteiger partial charge in [0.2, 0.25) is 0 Å². The molecule has 0 fully saturated rings. The predicted molar refractivity (Wildman–Crippen MR) is 108 cm³/mol. The molecule has 1 atom stereocenters. The molecule has 0 aliphatic heterocycles. The fourth-order valence-corrected chi connectivity index (χ4v) is 4.12. The van der Waals surface area contributed by atoms with Crippen LogP contribution in [0.3, 0.4) is 0 Å². The first-order valence-corrected chi connectivity index (χ1v) is 10.3. The third-order valence-corrected chi connectivity index (χ3v) is 5.56. The largest absolute Gasteiger partial charge is 0.452 e. The third-order valence-electron chi connectivity index (χ3n) is 3.94. The predicted octanol–water partition coefficient (Wildman–Crippen LogP) is 4.00. The van der Waals surface area contributed by atoms with E-state index in [1.807, 2.05) is 52.5 Å². The van der Waals surface area contributed by atoms with Crippen LogP contribution in [0.1, 0.15) is 18.2 Å². The number of esters is 1. The van der Waals surface area contributed by atoms with Crippen LogP contribution in [0.5, 0.6) is 0 Å². The highest BCUT2D eigenvalue weighted by atomic mass is 32.1. The summed E-state index contributed by atoms with van der Waals surface area (Å²) in [6.45, 7) is 2.07. The fraction of sp³-hybridized carbons (Fsp3) is 0.250. The van der Waals surface area contributed by atoms with Crippen LogP contribution in [0.4, 0.5) is 0 Å². The van der Waals surface area contributed by atoms with Crippen LogP contribution < -0.4 is 0 Å². The number of benzene rings is 1. The Balaban J connectivity index is 1.51. The van der Waals surface area contributed by atoms with Crippen molar-refractivity contribution in [1.29, 1.82) is 0 Å². The first kappa shape index (κ1) is 19.3. The summed E-state index contributed by atoms with van der Waals surface area (Å²) in [5.74, 6) is -0.685. The number of carbonyl (C=O) groups excluding carboxylic acids is 2. The number of likely N-dealkylation sites (N-methyl/N-ethyl adjacent to an activating group) is 1. The minimum Gasteiger partial charge on any atom is -0.452 e. The molecule has 27 heavy (non-hydrogen) atoms. The Morgan fingerprint density at radius 1 is 1.19 bits per heavy atom. The van der Waals surface area contributed by atoms with Crippen molar-refractivity contribution < 1.29 is 14.3 Å². The molecule has 7 heteroatoms. The Hall–Kier alpha value is -2.51. The molecule has 1 aromatic carbocycles. The van der Waals surface area contributed by atoms with E-state index in [4.69, 9.17) is 4.74 Å². The van der Waals surface area contributed by atoms with Crippen LogP contribution in [0, 0.1) is 0 Å². The molecule has 0 radical (unpaired) electrons. The number of nitrogens with zero attached hydrogens (tertiary/aromatic N) is 2. The maximum atomic E-state index is 12.4. The van der Waals surface area contributed by atoms with Crippen LogP contribution in [-0.4, -0.2) is 34.9 Å². The number of amides is 1. The number of thiophene rings is 1. The van der Waals surface area contributed by atoms with Gasteiger partial charge in [-0.2, -0.15) is 11.3 Å². The van der Waals surface area contributed by atoms with Gasteiger partial charge in [0.25, 0.3) is 5.91 Å². The van der Waals surface area contributed by atoms with Gasteiger partial charge in [0.15, 0.2) is 6.10 Å². The van der Waals surface area contributed by atoms with Crippen molar-refractivity contribution in [2.75, 3.05) is 7.05 Å². The van der Waals surface area contributed by atoms with Crippen molar-refractivity contribution in [2.45, 2.75) is 26.0 Å². The molecule has 3 aromatic rings. The van der Waals surface area contributed by atoms with E-state index >= 15 is 0 Å². The van der Waals surface area contributed by atoms with E-state index in [1.54, 1.807) is 30.2 Å². The normalized spacial score (nSPS) is 11.8. The van der Waals surface area contributed by atoms with Crippen LogP contribution in [0.25, 0.3) is 10.6 Å². The van der Waals surface area contributed by atoms with E-state index in [2.05, 4.69) is 4.98 Å². The molecule has 5 nitrogen and oxygen atoms in total. The topological polar surface area (TPSA) is 59.5 Å². The van der Waals surface area contributed by atoms with Gasteiger partial charge in [-0.3, -0.25) is 9.59 Å². The monoisotopic (exact) mass is 400 g/mol. The van der Waals surface area contributed by atoms with Crippen molar-refractivity contribution in [3.05, 3.63) is 63.8 Å². The second-order valence-corrected chi connectivity index (χ2v) is 7.78. The zero-order valence-electron chi connectivity index (χ0n) is 15.1. The number of rotatable bonds is 7. The summed E-state index contributed by atoms with van der Waals surface area (Å²) in [6, 6.07) is 11.7. The molecule has 0 aliphatic carbocycles. The highest BCUT2D eigenvalue weighted by Crippen LogP contribution is 2.25. The Bertz CT molecular complexity index is 891. The van der Waals surface area contributed by atoms with E-state index in [9.17, 15) is 9.59 Å². The van der Waals surface area contributed by atoms with E-state index < -0.39 is 12.1 Å². The Morgan fingerprint density at radius 2 is 1.96 bits per heavy atom. The maximum absolute atomic E-state index is 12.4. The third kappa shape index (κ3) is 5.24. The molecule has 0 bridgehead atoms. The van der Waals surface area contributed by atoms with E-state index in [0.717, 1.165) is 16.1 Å². The summed E-state index contributed by atoms with van der Waals surface area (Å²) in [4.78, 5) is 30.6. The minimum absolute atomic E-state index is 0.0562. The highest BCUT2D eigenvalue weighted by Gasteiger charge is 2.22. The quantitative estimate of drug-likeness (QED) is 0.563. The summed E-state index contributed by atoms with van der Waals surface area (Å²) in [6.07, 6.45) is -0.776. The maximum Gasteiger partial charge on any atom is 0.312 e. The van der Waals surface area contributed by atoms with E-state index in [-0.39, 0.29) is 12.3 Å². The molecular weight excluding hydrogens is 380 g/mol. The number of hydrogen-bond donors (Lipinski definition) is 0. The molecule has 2 heterocycles. The van der Waals surface area contributed by atoms with Gasteiger partial charge < -0.3 is 9.64 Å². The Labute approximate surface area is 166 Å². The molecule has 3 rings (SSSR count). The fourth-order valence-electron chi connectivity index (χ4n) is 2.59. The smallest absolute Gasteiger partial charge is 0.312 e. The number of hydrogen-bond acceptors (Lipinski definition) is 6. The number of aromatic nitrogens is 1. The molecule has 0 N–H and O–H groups in total. The summed E-state index contributed by atoms with van der Waals surface area (Å²) in [5, 5.41) is 6.74. The zero-order chi connectivity index (χ0) is 19.2. The highest BCUT2D eigenvalue weighted by molar-refractivity contribution is 7.14. The number of thiazole rings is 1. The summed E-state index contributed by atoms with van der Waals surface area (Å²) in [7, 11) is 1.70. The first-order chi connectivity index (χ1) is 13.0. The van der Waals surface area contributed by atoms with Crippen LogP contribution in [0.15, 0.2) is 52.5 Å². The number of ether oxygens (including phenoxy) is 1. The number of carbonyl (C=O) groups is 2. The first-order valence-electron chi connectivity index (χ1n) is 8.48. The molecule has 2 aromatic heterocycles. The van der Waals surface area contributed by atoms with Gasteiger partial charge in [0.1, 0.15) is 5.01 Å². The Morgan fingerprint density at radius 3 is 2.67 bits per heavy atom. The van der Waals surface area contributed by atoms with Crippen LogP contribution >= 0.6 is 22.7 Å². The summed E-state index contributed by atoms with van der Waals surface area (Å²) >= 11 is 3.10. The van der Waals surface area contributed by atoms with Crippen molar-refractivity contribution >= 4 is 34.6 Å². The average molecular weight is 401 g/mol. The van der Waals surface area contributed by atoms with Gasteiger partial charge in [0, 0.05) is 29.9 Å². The van der Waals surface area contributed by atoms with Crippen LogP contribution in [-0.2, 0) is 27.3 Å². The molecule has 140 valence electrons. The summed E-state index contributed by atoms with van der Waals surface area (Å²) < 4.78 is 5.31. The minimum atomic E-state index is -0.832. The standard InChI is InChI=1S/C20H20N2O3S2/c1-14(20(24)22(2)11-15-6-4-3-5-7-15)25-18(23)10-17-13-27-19(21-17)16-8-9-26-12-16/h3-9,12-14H,10-11H2,1-2H3/t14-/m0/s1. The molecule has 0 spiro atoms. The Kier molecular flexibility index (Phi) is 6.36. The molecule has 0 unspecified atom stereocenters. The van der Waals surface area contributed by atoms with E-state index in [1.165, 1.54) is 11.3 Å². The van der Waals surface area contributed by atoms with Gasteiger partial charge in [-0.15, -0.1) is 11.3 Å². The van der Waals surface area contributed by atoms with Gasteiger partial charge in [-0.05, 0) is 23.9 Å². The average Bonchev–Trinajstić information content (AvgIpc) is 3.33. The van der Waals surface area contributed by atoms with E-state index in [0.29, 0.717) is 12.2 Å². The molecule has 1 amide bonds. The SMILES string of the molecule is C[C@H](OC(=O)Cc1csc(-c2ccsc2)n1)C(=O)N(C)Cc1ccccc1. The van der Waals surface area contributed by atoms with Crippen molar-refractivity contribution in [3.63, 3.8) is 0 Å². The second-order valence-electron chi connectivity index (χ2n) is 6.14. The zero-order valence-corrected chi connectivity index (χ0v) is 16.8. The van der Waals surface area contributed by atoms with Gasteiger partial charge in [0.05, 0.1) is 12.1 Å². The second kappa shape index (κ2) is 8.92. The van der Waals surface area contributed by atoms with Gasteiger partial charge in [-0.1, -0.05) is 30.3 Å². The van der Waals surface area contributed by atoms with Crippen molar-refractivity contribution in [1.82, 2.24) is 9.88 Å². The van der Waals surface area contributed by atoms with Crippen LogP contribution in [0.2, 0.25) is 0 Å². The molecular formula is C20H20N2O3S2. The van der Waals surface area contributed by atoms with Crippen molar-refractivity contribution in [2.24, 2.45) is 0 Å². The summed E-state index contributed by atoms with van der Waals surface area (Å²) in [5.41, 5.74) is 2.73. The molecule has 0 saturated heterocycles. The lowest BCUT2D eigenvalue weighted by Gasteiger charge is -2.21. The molecule has 0 aliphatic rings. The lowest BCUT2D eigenvalue weighted by atomic mass is 10.2. The molecule has 0 saturated carbocycles. The van der Waals surface area contributed by atoms with Crippen molar-refractivity contribution in [3.8, 4) is 10.6 Å². The lowest BCUT2D eigenvalue weighted by Crippen LogP contribution is -2.37.